The third-order valence-corrected chi connectivity index (χ3v) is 5.29. The van der Waals surface area contributed by atoms with E-state index < -0.39 is 0 Å². The number of nitrogens with zero attached hydrogens (tertiary/aromatic N) is 1. The lowest BCUT2D eigenvalue weighted by molar-refractivity contribution is 0.281. The lowest BCUT2D eigenvalue weighted by Gasteiger charge is -2.36. The molecule has 1 aromatic carbocycles. The van der Waals surface area contributed by atoms with Gasteiger partial charge < -0.3 is 10.0 Å². The number of thiophene rings is 1. The molecule has 100 valence electrons. The Labute approximate surface area is 125 Å². The van der Waals surface area contributed by atoms with Crippen LogP contribution < -0.4 is 4.90 Å². The van der Waals surface area contributed by atoms with Crippen LogP contribution in [-0.2, 0) is 13.0 Å². The Bertz CT molecular complexity index is 596. The maximum atomic E-state index is 9.54. The van der Waals surface area contributed by atoms with Gasteiger partial charge in [0, 0.05) is 27.1 Å². The van der Waals surface area contributed by atoms with Crippen LogP contribution in [0, 0.1) is 0 Å². The highest BCUT2D eigenvalue weighted by Crippen LogP contribution is 2.38. The van der Waals surface area contributed by atoms with Crippen molar-refractivity contribution in [3.05, 3.63) is 50.1 Å². The summed E-state index contributed by atoms with van der Waals surface area (Å²) in [5.74, 6) is 0. The second-order valence-electron chi connectivity index (χ2n) is 4.85. The van der Waals surface area contributed by atoms with Crippen molar-refractivity contribution in [3.63, 3.8) is 0 Å². The maximum absolute atomic E-state index is 9.54. The molecule has 0 saturated carbocycles. The minimum Gasteiger partial charge on any atom is -0.392 e. The molecule has 4 heteroatoms. The monoisotopic (exact) mass is 337 g/mol. The fraction of sp³-hybridized carbons (Fsp3) is 0.333. The predicted octanol–water partition coefficient (Wildman–Crippen LogP) is 4.13. The molecule has 0 fully saturated rings. The number of rotatable bonds is 2. The molecular weight excluding hydrogens is 322 g/mol. The van der Waals surface area contributed by atoms with E-state index in [4.69, 9.17) is 0 Å². The second kappa shape index (κ2) is 5.27. The number of aliphatic hydroxyl groups excluding tert-OH is 1. The van der Waals surface area contributed by atoms with Crippen molar-refractivity contribution >= 4 is 33.0 Å². The van der Waals surface area contributed by atoms with Crippen LogP contribution >= 0.6 is 27.3 Å². The zero-order chi connectivity index (χ0) is 13.4. The van der Waals surface area contributed by atoms with E-state index in [9.17, 15) is 5.11 Å². The van der Waals surface area contributed by atoms with E-state index in [2.05, 4.69) is 45.3 Å². The lowest BCUT2D eigenvalue weighted by Crippen LogP contribution is -2.33. The maximum Gasteiger partial charge on any atom is 0.0702 e. The van der Waals surface area contributed by atoms with Gasteiger partial charge in [0.15, 0.2) is 0 Å². The average molecular weight is 338 g/mol. The summed E-state index contributed by atoms with van der Waals surface area (Å²) in [6, 6.07) is 8.69. The number of anilines is 1. The van der Waals surface area contributed by atoms with E-state index in [0.29, 0.717) is 6.04 Å². The van der Waals surface area contributed by atoms with Crippen molar-refractivity contribution in [2.45, 2.75) is 26.0 Å². The Balaban J connectivity index is 2.02. The smallest absolute Gasteiger partial charge is 0.0702 e. The van der Waals surface area contributed by atoms with Crippen LogP contribution in [0.5, 0.6) is 0 Å². The van der Waals surface area contributed by atoms with Crippen LogP contribution in [0.1, 0.15) is 29.0 Å². The van der Waals surface area contributed by atoms with Crippen molar-refractivity contribution in [2.24, 2.45) is 0 Å². The second-order valence-corrected chi connectivity index (χ2v) is 6.77. The summed E-state index contributed by atoms with van der Waals surface area (Å²) in [7, 11) is 0. The summed E-state index contributed by atoms with van der Waals surface area (Å²) in [6.07, 6.45) is 1.09. The third-order valence-electron chi connectivity index (χ3n) is 3.80. The van der Waals surface area contributed by atoms with E-state index in [-0.39, 0.29) is 6.61 Å². The molecule has 2 nitrogen and oxygen atoms in total. The van der Waals surface area contributed by atoms with E-state index >= 15 is 0 Å². The first kappa shape index (κ1) is 13.2. The molecule has 1 atom stereocenters. The highest BCUT2D eigenvalue weighted by atomic mass is 79.9. The molecule has 1 aromatic heterocycles. The quantitative estimate of drug-likeness (QED) is 0.890. The normalized spacial score (nSPS) is 18.5. The summed E-state index contributed by atoms with van der Waals surface area (Å²) in [5.41, 5.74) is 3.56. The first-order valence-electron chi connectivity index (χ1n) is 6.43. The minimum atomic E-state index is 0.0856. The summed E-state index contributed by atoms with van der Waals surface area (Å²) >= 11 is 5.38. The lowest BCUT2D eigenvalue weighted by atomic mass is 9.99. The van der Waals surface area contributed by atoms with Crippen molar-refractivity contribution in [3.8, 4) is 0 Å². The van der Waals surface area contributed by atoms with E-state index in [1.807, 2.05) is 23.5 Å². The van der Waals surface area contributed by atoms with Crippen LogP contribution in [-0.4, -0.2) is 11.7 Å². The first-order valence-corrected chi connectivity index (χ1v) is 8.10. The van der Waals surface area contributed by atoms with E-state index in [1.165, 1.54) is 10.4 Å². The number of aliphatic hydroxyl groups is 1. The van der Waals surface area contributed by atoms with Gasteiger partial charge in [-0.2, -0.15) is 0 Å². The van der Waals surface area contributed by atoms with Gasteiger partial charge in [-0.15, -0.1) is 11.3 Å². The van der Waals surface area contributed by atoms with Gasteiger partial charge in [-0.3, -0.25) is 0 Å². The number of fused-ring (bicyclic) bond motifs is 1. The van der Waals surface area contributed by atoms with Gasteiger partial charge in [-0.05, 0) is 42.5 Å². The van der Waals surface area contributed by atoms with Gasteiger partial charge in [0.25, 0.3) is 0 Å². The SMILES string of the molecule is CC1c2ccsc2CCN1c1cc(Br)ccc1CO. The number of hydrogen-bond acceptors (Lipinski definition) is 3. The van der Waals surface area contributed by atoms with E-state index in [0.717, 1.165) is 28.7 Å². The molecule has 2 heterocycles. The molecular formula is C15H16BrNOS. The standard InChI is InChI=1S/C15H16BrNOS/c1-10-13-5-7-19-15(13)4-6-17(10)14-8-12(16)3-2-11(14)9-18/h2-3,5,7-8,10,18H,4,6,9H2,1H3. The Morgan fingerprint density at radius 1 is 1.42 bits per heavy atom. The number of halogens is 1. The summed E-state index contributed by atoms with van der Waals surface area (Å²) in [5, 5.41) is 11.7. The minimum absolute atomic E-state index is 0.0856. The Hall–Kier alpha value is -0.840. The Kier molecular flexibility index (Phi) is 3.65. The molecule has 0 radical (unpaired) electrons. The molecule has 1 aliphatic rings. The van der Waals surface area contributed by atoms with Gasteiger partial charge in [-0.1, -0.05) is 22.0 Å². The van der Waals surface area contributed by atoms with Gasteiger partial charge >= 0.3 is 0 Å². The van der Waals surface area contributed by atoms with Crippen LogP contribution in [0.2, 0.25) is 0 Å². The Morgan fingerprint density at radius 2 is 2.26 bits per heavy atom. The summed E-state index contributed by atoms with van der Waals surface area (Å²) in [4.78, 5) is 3.90. The highest BCUT2D eigenvalue weighted by molar-refractivity contribution is 9.10. The molecule has 0 spiro atoms. The first-order chi connectivity index (χ1) is 9.20. The Morgan fingerprint density at radius 3 is 3.05 bits per heavy atom. The van der Waals surface area contributed by atoms with Crippen LogP contribution in [0.3, 0.4) is 0 Å². The molecule has 0 aliphatic carbocycles. The van der Waals surface area contributed by atoms with Crippen molar-refractivity contribution in [1.82, 2.24) is 0 Å². The third kappa shape index (κ3) is 2.33. The van der Waals surface area contributed by atoms with Gasteiger partial charge in [0.05, 0.1) is 12.6 Å². The van der Waals surface area contributed by atoms with Gasteiger partial charge in [-0.25, -0.2) is 0 Å². The molecule has 0 bridgehead atoms. The molecule has 19 heavy (non-hydrogen) atoms. The fourth-order valence-corrected chi connectivity index (χ4v) is 4.09. The largest absolute Gasteiger partial charge is 0.392 e. The zero-order valence-corrected chi connectivity index (χ0v) is 13.2. The average Bonchev–Trinajstić information content (AvgIpc) is 2.88. The summed E-state index contributed by atoms with van der Waals surface area (Å²) < 4.78 is 1.06. The van der Waals surface area contributed by atoms with E-state index in [1.54, 1.807) is 0 Å². The van der Waals surface area contributed by atoms with Crippen molar-refractivity contribution in [2.75, 3.05) is 11.4 Å². The van der Waals surface area contributed by atoms with Crippen LogP contribution in [0.25, 0.3) is 0 Å². The van der Waals surface area contributed by atoms with Crippen LogP contribution in [0.4, 0.5) is 5.69 Å². The van der Waals surface area contributed by atoms with Crippen LogP contribution in [0.15, 0.2) is 34.1 Å². The highest BCUT2D eigenvalue weighted by Gasteiger charge is 2.26. The topological polar surface area (TPSA) is 23.5 Å². The molecule has 1 N–H and O–H groups in total. The molecule has 2 aromatic rings. The predicted molar refractivity (Wildman–Crippen MR) is 83.8 cm³/mol. The molecule has 1 unspecified atom stereocenters. The fourth-order valence-electron chi connectivity index (χ4n) is 2.78. The molecule has 0 saturated heterocycles. The van der Waals surface area contributed by atoms with Gasteiger partial charge in [0.2, 0.25) is 0 Å². The molecule has 0 amide bonds. The number of benzene rings is 1. The van der Waals surface area contributed by atoms with Crippen molar-refractivity contribution < 1.29 is 5.11 Å². The zero-order valence-electron chi connectivity index (χ0n) is 10.8. The molecule has 3 rings (SSSR count). The molecule has 1 aliphatic heterocycles. The van der Waals surface area contributed by atoms with Crippen molar-refractivity contribution in [1.29, 1.82) is 0 Å². The number of hydrogen-bond donors (Lipinski definition) is 1. The van der Waals surface area contributed by atoms with Gasteiger partial charge in [0.1, 0.15) is 0 Å². The summed E-state index contributed by atoms with van der Waals surface area (Å²) in [6.45, 7) is 3.34.